The van der Waals surface area contributed by atoms with Crippen LogP contribution in [0.25, 0.3) is 0 Å². The fourth-order valence-electron chi connectivity index (χ4n) is 4.03. The zero-order chi connectivity index (χ0) is 18.5. The molecule has 1 amide bonds. The number of piperidine rings is 1. The highest BCUT2D eigenvalue weighted by molar-refractivity contribution is 5.87. The number of anilines is 1. The van der Waals surface area contributed by atoms with E-state index in [1.807, 2.05) is 23.1 Å². The summed E-state index contributed by atoms with van der Waals surface area (Å²) in [6.07, 6.45) is 3.24. The molecular weight excluding hydrogens is 330 g/mol. The number of hydrogen-bond donors (Lipinski definition) is 1. The first-order valence-electron chi connectivity index (χ1n) is 9.63. The molecule has 0 aromatic heterocycles. The smallest absolute Gasteiger partial charge is 0.308 e. The van der Waals surface area contributed by atoms with Gasteiger partial charge in [-0.3, -0.25) is 14.5 Å². The molecule has 0 aliphatic carbocycles. The molecule has 26 heavy (non-hydrogen) atoms. The van der Waals surface area contributed by atoms with Crippen molar-refractivity contribution >= 4 is 17.6 Å². The van der Waals surface area contributed by atoms with Gasteiger partial charge in [0.15, 0.2) is 0 Å². The van der Waals surface area contributed by atoms with Crippen LogP contribution in [-0.2, 0) is 9.59 Å². The van der Waals surface area contributed by atoms with Crippen LogP contribution in [0, 0.1) is 5.92 Å². The van der Waals surface area contributed by atoms with Crippen molar-refractivity contribution in [3.05, 3.63) is 30.3 Å². The molecule has 2 aliphatic rings. The van der Waals surface area contributed by atoms with Gasteiger partial charge in [0, 0.05) is 31.9 Å². The maximum atomic E-state index is 13.2. The number of carboxylic acids is 1. The minimum Gasteiger partial charge on any atom is -0.481 e. The van der Waals surface area contributed by atoms with Gasteiger partial charge in [-0.1, -0.05) is 24.6 Å². The molecule has 6 heteroatoms. The standard InChI is InChI=1S/C20H29N3O3/c1-16(20(25)26)18(22-10-6-3-7-11-22)19(24)23-14-12-21(13-15-23)17-8-4-2-5-9-17/h2,4-5,8-9,16,18H,3,6-7,10-15H2,1H3,(H,25,26). The molecule has 6 nitrogen and oxygen atoms in total. The first kappa shape index (κ1) is 18.7. The van der Waals surface area contributed by atoms with Crippen LogP contribution in [0.4, 0.5) is 5.69 Å². The van der Waals surface area contributed by atoms with E-state index in [2.05, 4.69) is 21.9 Å². The summed E-state index contributed by atoms with van der Waals surface area (Å²) in [6, 6.07) is 9.67. The van der Waals surface area contributed by atoms with Crippen molar-refractivity contribution in [1.29, 1.82) is 0 Å². The average molecular weight is 359 g/mol. The SMILES string of the molecule is CC(C(=O)O)C(C(=O)N1CCN(c2ccccc2)CC1)N1CCCCC1. The minimum absolute atomic E-state index is 0.0190. The molecule has 0 radical (unpaired) electrons. The zero-order valence-corrected chi connectivity index (χ0v) is 15.5. The van der Waals surface area contributed by atoms with Gasteiger partial charge in [-0.2, -0.15) is 0 Å². The topological polar surface area (TPSA) is 64.1 Å². The van der Waals surface area contributed by atoms with Crippen molar-refractivity contribution in [3.8, 4) is 0 Å². The third kappa shape index (κ3) is 4.18. The van der Waals surface area contributed by atoms with Gasteiger partial charge in [-0.05, 0) is 45.0 Å². The summed E-state index contributed by atoms with van der Waals surface area (Å²) in [5.74, 6) is -1.60. The first-order chi connectivity index (χ1) is 12.6. The Hall–Kier alpha value is -2.08. The lowest BCUT2D eigenvalue weighted by molar-refractivity contribution is -0.151. The molecule has 0 bridgehead atoms. The highest BCUT2D eigenvalue weighted by Gasteiger charge is 2.38. The maximum Gasteiger partial charge on any atom is 0.308 e. The number of hydrogen-bond acceptors (Lipinski definition) is 4. The van der Waals surface area contributed by atoms with Gasteiger partial charge in [-0.15, -0.1) is 0 Å². The van der Waals surface area contributed by atoms with E-state index in [-0.39, 0.29) is 5.91 Å². The fourth-order valence-corrected chi connectivity index (χ4v) is 4.03. The van der Waals surface area contributed by atoms with E-state index in [9.17, 15) is 14.7 Å². The summed E-state index contributed by atoms with van der Waals surface area (Å²) < 4.78 is 0. The zero-order valence-electron chi connectivity index (χ0n) is 15.5. The van der Waals surface area contributed by atoms with E-state index < -0.39 is 17.9 Å². The molecule has 0 saturated carbocycles. The molecule has 1 aromatic rings. The van der Waals surface area contributed by atoms with E-state index in [0.29, 0.717) is 13.1 Å². The lowest BCUT2D eigenvalue weighted by atomic mass is 9.96. The average Bonchev–Trinajstić information content (AvgIpc) is 2.69. The number of rotatable bonds is 5. The maximum absolute atomic E-state index is 13.2. The number of benzene rings is 1. The lowest BCUT2D eigenvalue weighted by Crippen LogP contribution is -2.58. The molecule has 1 N–H and O–H groups in total. The lowest BCUT2D eigenvalue weighted by Gasteiger charge is -2.41. The summed E-state index contributed by atoms with van der Waals surface area (Å²) in [6.45, 7) is 6.15. The van der Waals surface area contributed by atoms with Crippen molar-refractivity contribution in [1.82, 2.24) is 9.80 Å². The number of amides is 1. The Morgan fingerprint density at radius 2 is 1.54 bits per heavy atom. The van der Waals surface area contributed by atoms with Crippen molar-refractivity contribution in [2.45, 2.75) is 32.2 Å². The Morgan fingerprint density at radius 1 is 0.923 bits per heavy atom. The largest absolute Gasteiger partial charge is 0.481 e. The van der Waals surface area contributed by atoms with Crippen LogP contribution in [0.2, 0.25) is 0 Å². The Bertz CT molecular complexity index is 608. The molecule has 2 heterocycles. The van der Waals surface area contributed by atoms with Gasteiger partial charge in [-0.25, -0.2) is 0 Å². The number of piperazine rings is 1. The summed E-state index contributed by atoms with van der Waals surface area (Å²) in [4.78, 5) is 31.0. The second-order valence-electron chi connectivity index (χ2n) is 7.32. The van der Waals surface area contributed by atoms with E-state index in [1.54, 1.807) is 6.92 Å². The molecule has 142 valence electrons. The van der Waals surface area contributed by atoms with Gasteiger partial charge >= 0.3 is 5.97 Å². The van der Waals surface area contributed by atoms with Crippen LogP contribution < -0.4 is 4.90 Å². The Labute approximate surface area is 155 Å². The monoisotopic (exact) mass is 359 g/mol. The normalized spacial score (nSPS) is 21.3. The quantitative estimate of drug-likeness (QED) is 0.870. The summed E-state index contributed by atoms with van der Waals surface area (Å²) in [5.41, 5.74) is 1.17. The van der Waals surface area contributed by atoms with Crippen LogP contribution >= 0.6 is 0 Å². The van der Waals surface area contributed by atoms with Crippen molar-refractivity contribution in [3.63, 3.8) is 0 Å². The van der Waals surface area contributed by atoms with Crippen LogP contribution in [0.5, 0.6) is 0 Å². The second-order valence-corrected chi connectivity index (χ2v) is 7.32. The number of para-hydroxylation sites is 1. The predicted molar refractivity (Wildman–Crippen MR) is 101 cm³/mol. The van der Waals surface area contributed by atoms with Gasteiger partial charge in [0.25, 0.3) is 0 Å². The number of nitrogens with zero attached hydrogens (tertiary/aromatic N) is 3. The van der Waals surface area contributed by atoms with Gasteiger partial charge in [0.2, 0.25) is 5.91 Å². The van der Waals surface area contributed by atoms with Gasteiger partial charge < -0.3 is 14.9 Å². The van der Waals surface area contributed by atoms with E-state index in [4.69, 9.17) is 0 Å². The molecular formula is C20H29N3O3. The second kappa shape index (κ2) is 8.54. The predicted octanol–water partition coefficient (Wildman–Crippen LogP) is 1.91. The van der Waals surface area contributed by atoms with Crippen LogP contribution in [-0.4, -0.2) is 72.1 Å². The summed E-state index contributed by atoms with van der Waals surface area (Å²) >= 11 is 0. The van der Waals surface area contributed by atoms with Gasteiger partial charge in [0.1, 0.15) is 6.04 Å². The Kier molecular flexibility index (Phi) is 6.14. The molecule has 2 unspecified atom stereocenters. The number of carbonyl (C=O) groups is 2. The molecule has 0 spiro atoms. The molecule has 1 aromatic carbocycles. The van der Waals surface area contributed by atoms with E-state index in [1.165, 1.54) is 5.69 Å². The molecule has 3 rings (SSSR count). The van der Waals surface area contributed by atoms with Crippen LogP contribution in [0.3, 0.4) is 0 Å². The number of likely N-dealkylation sites (tertiary alicyclic amines) is 1. The van der Waals surface area contributed by atoms with Crippen molar-refractivity contribution in [2.75, 3.05) is 44.2 Å². The molecule has 2 fully saturated rings. The first-order valence-corrected chi connectivity index (χ1v) is 9.63. The van der Waals surface area contributed by atoms with Gasteiger partial charge in [0.05, 0.1) is 5.92 Å². The Balaban J connectivity index is 1.66. The number of aliphatic carboxylic acids is 1. The highest BCUT2D eigenvalue weighted by atomic mass is 16.4. The van der Waals surface area contributed by atoms with Crippen molar-refractivity contribution < 1.29 is 14.7 Å². The molecule has 2 saturated heterocycles. The molecule has 2 aliphatic heterocycles. The minimum atomic E-state index is -0.892. The highest BCUT2D eigenvalue weighted by Crippen LogP contribution is 2.22. The number of carbonyl (C=O) groups excluding carboxylic acids is 1. The van der Waals surface area contributed by atoms with Crippen LogP contribution in [0.1, 0.15) is 26.2 Å². The van der Waals surface area contributed by atoms with Crippen LogP contribution in [0.15, 0.2) is 30.3 Å². The third-order valence-electron chi connectivity index (χ3n) is 5.61. The summed E-state index contributed by atoms with van der Waals surface area (Å²) in [5, 5.41) is 9.52. The Morgan fingerprint density at radius 3 is 2.12 bits per heavy atom. The van der Waals surface area contributed by atoms with Crippen molar-refractivity contribution in [2.24, 2.45) is 5.92 Å². The molecule has 2 atom stereocenters. The number of carboxylic acid groups (broad SMARTS) is 1. The summed E-state index contributed by atoms with van der Waals surface area (Å²) in [7, 11) is 0. The third-order valence-corrected chi connectivity index (χ3v) is 5.61. The van der Waals surface area contributed by atoms with E-state index >= 15 is 0 Å². The van der Waals surface area contributed by atoms with E-state index in [0.717, 1.165) is 45.4 Å². The fraction of sp³-hybridized carbons (Fsp3) is 0.600.